The second-order valence-electron chi connectivity index (χ2n) is 10.8. The molecule has 0 spiro atoms. The number of fused-ring (bicyclic) bond motifs is 1. The quantitative estimate of drug-likeness (QED) is 0.189. The molecule has 0 aliphatic rings. The largest absolute Gasteiger partial charge is 0.312 e. The zero-order chi connectivity index (χ0) is 31.7. The monoisotopic (exact) mass is 575 g/mol. The van der Waals surface area contributed by atoms with Crippen molar-refractivity contribution in [3.63, 3.8) is 0 Å². The van der Waals surface area contributed by atoms with Crippen LogP contribution in [0.5, 0.6) is 0 Å². The Kier molecular flexibility index (Phi) is 13.6. The minimum absolute atomic E-state index is 1.23. The van der Waals surface area contributed by atoms with Crippen molar-refractivity contribution in [3.8, 4) is 44.5 Å². The summed E-state index contributed by atoms with van der Waals surface area (Å²) in [7, 11) is 6.00. The highest BCUT2D eigenvalue weighted by Gasteiger charge is 2.14. The molecule has 0 N–H and O–H groups in total. The lowest BCUT2D eigenvalue weighted by Crippen LogP contribution is -1.99. The molecule has 0 aliphatic carbocycles. The normalized spacial score (nSPS) is 9.86. The Hall–Kier alpha value is -4.98. The first-order valence-electron chi connectivity index (χ1n) is 15.0. The highest BCUT2D eigenvalue weighted by atomic mass is 15.0. The summed E-state index contributed by atoms with van der Waals surface area (Å²) in [5, 5.41) is 2.49. The van der Waals surface area contributed by atoms with Gasteiger partial charge in [0.15, 0.2) is 0 Å². The van der Waals surface area contributed by atoms with Gasteiger partial charge in [-0.3, -0.25) is 0 Å². The molecule has 6 aromatic rings. The van der Waals surface area contributed by atoms with Gasteiger partial charge in [-0.05, 0) is 115 Å². The second-order valence-corrected chi connectivity index (χ2v) is 10.8. The van der Waals surface area contributed by atoms with E-state index in [-0.39, 0.29) is 0 Å². The average Bonchev–Trinajstić information content (AvgIpc) is 3.06. The Labute approximate surface area is 265 Å². The van der Waals surface area contributed by atoms with Crippen LogP contribution in [0.2, 0.25) is 0 Å². The number of benzene rings is 6. The van der Waals surface area contributed by atoms with Crippen molar-refractivity contribution in [1.82, 2.24) is 4.90 Å². The van der Waals surface area contributed by atoms with Crippen LogP contribution >= 0.6 is 0 Å². The highest BCUT2D eigenvalue weighted by Crippen LogP contribution is 2.40. The average molecular weight is 576 g/mol. The summed E-state index contributed by atoms with van der Waals surface area (Å²) in [6, 6.07) is 52.2. The summed E-state index contributed by atoms with van der Waals surface area (Å²) < 4.78 is 0. The molecule has 0 atom stereocenters. The lowest BCUT2D eigenvalue weighted by Gasteiger charge is -2.16. The van der Waals surface area contributed by atoms with Gasteiger partial charge in [0, 0.05) is 0 Å². The molecule has 0 bridgehead atoms. The molecule has 0 saturated heterocycles. The first-order valence-corrected chi connectivity index (χ1v) is 15.0. The summed E-state index contributed by atoms with van der Waals surface area (Å²) in [6.07, 6.45) is 3.50. The van der Waals surface area contributed by atoms with Crippen LogP contribution in [0.3, 0.4) is 0 Å². The van der Waals surface area contributed by atoms with Crippen LogP contribution in [0.1, 0.15) is 13.8 Å². The third kappa shape index (κ3) is 9.52. The van der Waals surface area contributed by atoms with Crippen LogP contribution < -0.4 is 0 Å². The smallest absolute Gasteiger partial charge is 0.00990 e. The van der Waals surface area contributed by atoms with Crippen molar-refractivity contribution in [1.29, 1.82) is 0 Å². The molecule has 222 valence electrons. The molecule has 44 heavy (non-hydrogen) atoms. The minimum atomic E-state index is 1.23. The zero-order valence-electron chi connectivity index (χ0n) is 26.9. The standard InChI is InChI=1S/C34H24.C3H9N.2C3H6/c1-5-13-25(14-6-1)31-21-29-23-33(27-17-9-3-10-18-27)34(28-19-11-4-12-20-28)24-30(29)22-32(31)26-15-7-2-8-16-26;1-4(2)3;2*1-3-2/h1-24H;1-3H3;2*3H,1H2,2H3. The van der Waals surface area contributed by atoms with Gasteiger partial charge in [-0.25, -0.2) is 0 Å². The molecule has 1 nitrogen and oxygen atoms in total. The molecule has 0 saturated carbocycles. The van der Waals surface area contributed by atoms with Gasteiger partial charge in [0.25, 0.3) is 0 Å². The number of nitrogens with zero attached hydrogens (tertiary/aromatic N) is 1. The van der Waals surface area contributed by atoms with Crippen LogP contribution in [0.25, 0.3) is 55.3 Å². The summed E-state index contributed by atoms with van der Waals surface area (Å²) in [5.74, 6) is 0. The van der Waals surface area contributed by atoms with Crippen molar-refractivity contribution in [3.05, 3.63) is 171 Å². The van der Waals surface area contributed by atoms with E-state index >= 15 is 0 Å². The van der Waals surface area contributed by atoms with E-state index in [0.29, 0.717) is 0 Å². The van der Waals surface area contributed by atoms with Gasteiger partial charge in [-0.1, -0.05) is 133 Å². The topological polar surface area (TPSA) is 3.24 Å². The lowest BCUT2D eigenvalue weighted by molar-refractivity contribution is 0.505. The van der Waals surface area contributed by atoms with E-state index in [1.807, 2.05) is 39.9 Å². The molecule has 0 heterocycles. The Balaban J connectivity index is 0.000000468. The van der Waals surface area contributed by atoms with Gasteiger partial charge in [0.1, 0.15) is 0 Å². The van der Waals surface area contributed by atoms with Crippen LogP contribution in [-0.2, 0) is 0 Å². The van der Waals surface area contributed by atoms with Crippen molar-refractivity contribution < 1.29 is 0 Å². The van der Waals surface area contributed by atoms with Gasteiger partial charge in [0.2, 0.25) is 0 Å². The Morgan fingerprint density at radius 1 is 0.386 bits per heavy atom. The predicted octanol–water partition coefficient (Wildman–Crippen LogP) is 12.1. The lowest BCUT2D eigenvalue weighted by atomic mass is 9.87. The highest BCUT2D eigenvalue weighted by molar-refractivity contribution is 6.02. The van der Waals surface area contributed by atoms with E-state index in [0.717, 1.165) is 0 Å². The fourth-order valence-electron chi connectivity index (χ4n) is 4.78. The van der Waals surface area contributed by atoms with Crippen LogP contribution in [0.4, 0.5) is 0 Å². The maximum Gasteiger partial charge on any atom is -0.00990 e. The molecule has 0 unspecified atom stereocenters. The minimum Gasteiger partial charge on any atom is -0.312 e. The van der Waals surface area contributed by atoms with E-state index in [4.69, 9.17) is 0 Å². The summed E-state index contributed by atoms with van der Waals surface area (Å²) >= 11 is 0. The van der Waals surface area contributed by atoms with Crippen molar-refractivity contribution in [2.75, 3.05) is 21.1 Å². The number of allylic oxidation sites excluding steroid dienone is 2. The summed E-state index contributed by atoms with van der Waals surface area (Å²) in [6.45, 7) is 10.5. The van der Waals surface area contributed by atoms with E-state index in [1.165, 1.54) is 55.3 Å². The molecule has 0 radical (unpaired) electrons. The maximum atomic E-state index is 3.36. The van der Waals surface area contributed by atoms with Gasteiger partial charge < -0.3 is 4.90 Å². The first kappa shape index (κ1) is 33.5. The Morgan fingerprint density at radius 2 is 0.545 bits per heavy atom. The molecular weight excluding hydrogens is 530 g/mol. The van der Waals surface area contributed by atoms with Gasteiger partial charge in [0.05, 0.1) is 0 Å². The first-order chi connectivity index (χ1) is 21.4. The number of rotatable bonds is 4. The molecular formula is C43H45N. The summed E-state index contributed by atoms with van der Waals surface area (Å²) in [4.78, 5) is 2.00. The van der Waals surface area contributed by atoms with Crippen molar-refractivity contribution >= 4 is 10.8 Å². The van der Waals surface area contributed by atoms with Crippen LogP contribution in [0, 0.1) is 0 Å². The van der Waals surface area contributed by atoms with Gasteiger partial charge >= 0.3 is 0 Å². The van der Waals surface area contributed by atoms with E-state index in [2.05, 4.69) is 159 Å². The third-order valence-electron chi connectivity index (χ3n) is 6.45. The van der Waals surface area contributed by atoms with E-state index in [1.54, 1.807) is 12.2 Å². The molecule has 0 amide bonds. The second kappa shape index (κ2) is 17.9. The fraction of sp³-hybridized carbons (Fsp3) is 0.116. The molecule has 0 aromatic heterocycles. The third-order valence-corrected chi connectivity index (χ3v) is 6.45. The Morgan fingerprint density at radius 3 is 0.705 bits per heavy atom. The Bertz CT molecular complexity index is 1450. The SMILES string of the molecule is C=CC.C=CC.CN(C)C.c1ccc(-c2cc3cc(-c4ccccc4)c(-c4ccccc4)cc3cc2-c2ccccc2)cc1. The van der Waals surface area contributed by atoms with Gasteiger partial charge in [-0.2, -0.15) is 0 Å². The van der Waals surface area contributed by atoms with Crippen LogP contribution in [-0.4, -0.2) is 26.0 Å². The van der Waals surface area contributed by atoms with E-state index in [9.17, 15) is 0 Å². The van der Waals surface area contributed by atoms with Gasteiger partial charge in [-0.15, -0.1) is 13.2 Å². The molecule has 0 fully saturated rings. The molecule has 0 aliphatic heterocycles. The van der Waals surface area contributed by atoms with E-state index < -0.39 is 0 Å². The predicted molar refractivity (Wildman–Crippen MR) is 197 cm³/mol. The van der Waals surface area contributed by atoms with Crippen molar-refractivity contribution in [2.45, 2.75) is 13.8 Å². The fourth-order valence-corrected chi connectivity index (χ4v) is 4.78. The number of hydrogen-bond acceptors (Lipinski definition) is 1. The summed E-state index contributed by atoms with van der Waals surface area (Å²) in [5.41, 5.74) is 9.95. The van der Waals surface area contributed by atoms with Crippen molar-refractivity contribution in [2.24, 2.45) is 0 Å². The molecule has 6 rings (SSSR count). The number of hydrogen-bond donors (Lipinski definition) is 0. The zero-order valence-corrected chi connectivity index (χ0v) is 26.9. The molecule has 6 aromatic carbocycles. The molecule has 1 heteroatoms. The maximum absolute atomic E-state index is 3.36. The van der Waals surface area contributed by atoms with Crippen LogP contribution in [0.15, 0.2) is 171 Å².